The van der Waals surface area contributed by atoms with E-state index < -0.39 is 21.7 Å². The van der Waals surface area contributed by atoms with Crippen LogP contribution in [0.5, 0.6) is 0 Å². The zero-order chi connectivity index (χ0) is 26.0. The Labute approximate surface area is 218 Å². The number of rotatable bonds is 6. The van der Waals surface area contributed by atoms with E-state index in [0.717, 1.165) is 34.8 Å². The van der Waals surface area contributed by atoms with Gasteiger partial charge in [0, 0.05) is 18.7 Å². The van der Waals surface area contributed by atoms with Crippen molar-refractivity contribution in [1.82, 2.24) is 9.29 Å². The number of carbonyl (C=O) groups excluding carboxylic acids is 1. The maximum atomic E-state index is 13.7. The summed E-state index contributed by atoms with van der Waals surface area (Å²) in [5.41, 5.74) is 1.58. The van der Waals surface area contributed by atoms with Gasteiger partial charge in [0.1, 0.15) is 5.82 Å². The molecule has 5 rings (SSSR count). The lowest BCUT2D eigenvalue weighted by molar-refractivity contribution is 0.0987. The molecule has 0 spiro atoms. The number of piperidine rings is 1. The molecule has 7 nitrogen and oxygen atoms in total. The van der Waals surface area contributed by atoms with Gasteiger partial charge < -0.3 is 0 Å². The van der Waals surface area contributed by atoms with Gasteiger partial charge in [-0.1, -0.05) is 48.6 Å². The second-order valence-corrected chi connectivity index (χ2v) is 12.0. The summed E-state index contributed by atoms with van der Waals surface area (Å²) in [5, 5.41) is 5.83. The Bertz CT molecular complexity index is 1550. The fourth-order valence-electron chi connectivity index (χ4n) is 4.23. The summed E-state index contributed by atoms with van der Waals surface area (Å²) in [6.07, 6.45) is 3.38. The summed E-state index contributed by atoms with van der Waals surface area (Å²) < 4.78 is 42.1. The fourth-order valence-corrected chi connectivity index (χ4v) is 6.78. The lowest BCUT2D eigenvalue weighted by Gasteiger charge is -2.30. The van der Waals surface area contributed by atoms with Gasteiger partial charge in [0.15, 0.2) is 0 Å². The molecule has 10 heteroatoms. The first kappa shape index (κ1) is 25.2. The minimum Gasteiger partial charge on any atom is -0.267 e. The molecule has 1 fully saturated rings. The van der Waals surface area contributed by atoms with Gasteiger partial charge in [-0.2, -0.15) is 14.4 Å². The Morgan fingerprint density at radius 3 is 2.62 bits per heavy atom. The van der Waals surface area contributed by atoms with E-state index in [-0.39, 0.29) is 15.6 Å². The molecule has 3 aromatic carbocycles. The standard InChI is InChI=1S/C27H25FN4O3S2/c1-19-6-5-15-31(18-19)37(34,35)23-12-9-21(10-13-23)26(33)32(29-17-20-7-3-2-4-8-20)27-30-24-14-11-22(28)16-25(24)36-27/h2-4,7-14,16-17,19H,5-6,15,18H2,1H3/b29-17+. The van der Waals surface area contributed by atoms with Crippen LogP contribution in [0.3, 0.4) is 0 Å². The van der Waals surface area contributed by atoms with Crippen molar-refractivity contribution in [1.29, 1.82) is 0 Å². The van der Waals surface area contributed by atoms with E-state index in [0.29, 0.717) is 29.2 Å². The molecule has 0 radical (unpaired) electrons. The Balaban J connectivity index is 1.46. The van der Waals surface area contributed by atoms with Gasteiger partial charge in [0.2, 0.25) is 15.2 Å². The number of hydrogen-bond acceptors (Lipinski definition) is 6. The third kappa shape index (κ3) is 5.46. The number of aromatic nitrogens is 1. The average molecular weight is 537 g/mol. The SMILES string of the molecule is CC1CCCN(S(=O)(=O)c2ccc(C(=O)N(/N=C/c3ccccc3)c3nc4ccc(F)cc4s3)cc2)C1. The first-order chi connectivity index (χ1) is 17.8. The van der Waals surface area contributed by atoms with Gasteiger partial charge in [-0.05, 0) is 66.8 Å². The molecule has 1 aliphatic heterocycles. The normalized spacial score (nSPS) is 16.9. The van der Waals surface area contributed by atoms with Crippen LogP contribution in [0.4, 0.5) is 9.52 Å². The Morgan fingerprint density at radius 1 is 1.14 bits per heavy atom. The number of thiazole rings is 1. The molecule has 1 saturated heterocycles. The zero-order valence-corrected chi connectivity index (χ0v) is 21.8. The number of sulfonamides is 1. The molecule has 1 amide bonds. The number of fused-ring (bicyclic) bond motifs is 1. The number of halogens is 1. The molecule has 1 aliphatic rings. The molecule has 0 bridgehead atoms. The molecule has 1 aromatic heterocycles. The van der Waals surface area contributed by atoms with Crippen molar-refractivity contribution < 1.29 is 17.6 Å². The molecule has 0 N–H and O–H groups in total. The second kappa shape index (κ2) is 10.5. The average Bonchev–Trinajstić information content (AvgIpc) is 3.32. The zero-order valence-electron chi connectivity index (χ0n) is 20.1. The number of nitrogens with zero attached hydrogens (tertiary/aromatic N) is 4. The van der Waals surface area contributed by atoms with E-state index in [1.54, 1.807) is 12.3 Å². The van der Waals surface area contributed by atoms with Crippen LogP contribution >= 0.6 is 11.3 Å². The van der Waals surface area contributed by atoms with Crippen LogP contribution in [0.2, 0.25) is 0 Å². The first-order valence-electron chi connectivity index (χ1n) is 11.9. The fraction of sp³-hybridized carbons (Fsp3) is 0.222. The summed E-state index contributed by atoms with van der Waals surface area (Å²) in [6.45, 7) is 3.03. The summed E-state index contributed by atoms with van der Waals surface area (Å²) in [4.78, 5) is 18.2. The molecular formula is C27H25FN4O3S2. The van der Waals surface area contributed by atoms with E-state index in [9.17, 15) is 17.6 Å². The monoisotopic (exact) mass is 536 g/mol. The van der Waals surface area contributed by atoms with Gasteiger partial charge >= 0.3 is 0 Å². The minimum absolute atomic E-state index is 0.146. The van der Waals surface area contributed by atoms with Crippen molar-refractivity contribution in [3.8, 4) is 0 Å². The van der Waals surface area contributed by atoms with E-state index in [1.165, 1.54) is 40.7 Å². The van der Waals surface area contributed by atoms with Crippen LogP contribution in [0.1, 0.15) is 35.7 Å². The highest BCUT2D eigenvalue weighted by molar-refractivity contribution is 7.89. The van der Waals surface area contributed by atoms with Gasteiger partial charge in [-0.15, -0.1) is 0 Å². The predicted molar refractivity (Wildman–Crippen MR) is 144 cm³/mol. The largest absolute Gasteiger partial charge is 0.280 e. The molecule has 0 aliphatic carbocycles. The van der Waals surface area contributed by atoms with E-state index in [1.807, 2.05) is 37.3 Å². The third-order valence-corrected chi connectivity index (χ3v) is 9.07. The highest BCUT2D eigenvalue weighted by Crippen LogP contribution is 2.31. The molecular weight excluding hydrogens is 511 g/mol. The summed E-state index contributed by atoms with van der Waals surface area (Å²) >= 11 is 1.14. The maximum absolute atomic E-state index is 13.7. The van der Waals surface area contributed by atoms with Crippen LogP contribution in [0.15, 0.2) is 82.8 Å². The number of benzene rings is 3. The lowest BCUT2D eigenvalue weighted by Crippen LogP contribution is -2.39. The Kier molecular flexibility index (Phi) is 7.14. The van der Waals surface area contributed by atoms with Gasteiger partial charge in [0.25, 0.3) is 5.91 Å². The van der Waals surface area contributed by atoms with E-state index in [2.05, 4.69) is 10.1 Å². The molecule has 190 valence electrons. The van der Waals surface area contributed by atoms with E-state index in [4.69, 9.17) is 0 Å². The minimum atomic E-state index is -3.64. The third-order valence-electron chi connectivity index (χ3n) is 6.19. The molecule has 1 unspecified atom stereocenters. The summed E-state index contributed by atoms with van der Waals surface area (Å²) in [7, 11) is -3.64. The lowest BCUT2D eigenvalue weighted by atomic mass is 10.0. The number of carbonyl (C=O) groups is 1. The number of amides is 1. The van der Waals surface area contributed by atoms with Crippen molar-refractivity contribution >= 4 is 48.8 Å². The van der Waals surface area contributed by atoms with Crippen LogP contribution in [0.25, 0.3) is 10.2 Å². The molecule has 4 aromatic rings. The van der Waals surface area contributed by atoms with Gasteiger partial charge in [-0.3, -0.25) is 4.79 Å². The Morgan fingerprint density at radius 2 is 1.89 bits per heavy atom. The maximum Gasteiger partial charge on any atom is 0.280 e. The van der Waals surface area contributed by atoms with Crippen molar-refractivity contribution in [3.63, 3.8) is 0 Å². The first-order valence-corrected chi connectivity index (χ1v) is 14.2. The van der Waals surface area contributed by atoms with Crippen molar-refractivity contribution in [2.45, 2.75) is 24.7 Å². The summed E-state index contributed by atoms with van der Waals surface area (Å²) in [6, 6.07) is 19.4. The van der Waals surface area contributed by atoms with Crippen molar-refractivity contribution in [3.05, 3.63) is 89.7 Å². The molecule has 0 saturated carbocycles. The quantitative estimate of drug-likeness (QED) is 0.239. The van der Waals surface area contributed by atoms with Crippen molar-refractivity contribution in [2.24, 2.45) is 11.0 Å². The highest BCUT2D eigenvalue weighted by atomic mass is 32.2. The van der Waals surface area contributed by atoms with Crippen LogP contribution in [0, 0.1) is 11.7 Å². The number of hydrogen-bond donors (Lipinski definition) is 0. The van der Waals surface area contributed by atoms with Crippen molar-refractivity contribution in [2.75, 3.05) is 18.1 Å². The van der Waals surface area contributed by atoms with E-state index >= 15 is 0 Å². The second-order valence-electron chi connectivity index (χ2n) is 9.02. The van der Waals surface area contributed by atoms with Crippen LogP contribution in [-0.2, 0) is 10.0 Å². The topological polar surface area (TPSA) is 82.9 Å². The molecule has 2 heterocycles. The van der Waals surface area contributed by atoms with Gasteiger partial charge in [-0.25, -0.2) is 17.8 Å². The van der Waals surface area contributed by atoms with Crippen LogP contribution in [-0.4, -0.2) is 42.9 Å². The number of anilines is 1. The molecule has 37 heavy (non-hydrogen) atoms. The predicted octanol–water partition coefficient (Wildman–Crippen LogP) is 5.54. The Hall–Kier alpha value is -3.47. The molecule has 1 atom stereocenters. The highest BCUT2D eigenvalue weighted by Gasteiger charge is 2.29. The number of hydrazone groups is 1. The van der Waals surface area contributed by atoms with Gasteiger partial charge in [0.05, 0.1) is 21.3 Å². The summed E-state index contributed by atoms with van der Waals surface area (Å²) in [5.74, 6) is -0.571. The smallest absolute Gasteiger partial charge is 0.267 e. The van der Waals surface area contributed by atoms with Crippen LogP contribution < -0.4 is 5.01 Å².